The smallest absolute Gasteiger partial charge is 0.206 e. The highest BCUT2D eigenvalue weighted by Crippen LogP contribution is 2.62. The second-order valence-electron chi connectivity index (χ2n) is 3.46. The summed E-state index contributed by atoms with van der Waals surface area (Å²) in [6, 6.07) is 7.11. The maximum atomic E-state index is 13.2. The summed E-state index contributed by atoms with van der Waals surface area (Å²) in [7, 11) is 0. The van der Waals surface area contributed by atoms with Crippen molar-refractivity contribution in [2.24, 2.45) is 5.92 Å². The second kappa shape index (κ2) is 3.56. The van der Waals surface area contributed by atoms with Gasteiger partial charge in [0, 0.05) is 15.7 Å². The van der Waals surface area contributed by atoms with Gasteiger partial charge in [0.05, 0.1) is 5.92 Å². The molecule has 0 nitrogen and oxygen atoms in total. The number of halogens is 4. The van der Waals surface area contributed by atoms with Gasteiger partial charge in [0.1, 0.15) is 0 Å². The van der Waals surface area contributed by atoms with E-state index in [4.69, 9.17) is 0 Å². The first-order valence-electron chi connectivity index (χ1n) is 4.26. The van der Waals surface area contributed by atoms with E-state index in [1.165, 1.54) is 0 Å². The average molecular weight is 326 g/mol. The largest absolute Gasteiger partial charge is 0.259 e. The maximum Gasteiger partial charge on any atom is 0.259 e. The van der Waals surface area contributed by atoms with Crippen LogP contribution in [-0.2, 0) is 0 Å². The minimum atomic E-state index is -2.53. The summed E-state index contributed by atoms with van der Waals surface area (Å²) in [4.78, 5) is 0. The summed E-state index contributed by atoms with van der Waals surface area (Å²) in [5.74, 6) is -3.67. The molecule has 0 N–H and O–H groups in total. The third kappa shape index (κ3) is 1.63. The third-order valence-corrected chi connectivity index (χ3v) is 3.82. The summed E-state index contributed by atoms with van der Waals surface area (Å²) in [5.41, 5.74) is 0.725. The molecule has 76 valence electrons. The summed E-state index contributed by atoms with van der Waals surface area (Å²) in [5, 5.41) is 0.362. The van der Waals surface area contributed by atoms with Crippen LogP contribution in [0.15, 0.2) is 28.7 Å². The minimum Gasteiger partial charge on any atom is -0.206 e. The van der Waals surface area contributed by atoms with Crippen LogP contribution in [0.25, 0.3) is 0 Å². The van der Waals surface area contributed by atoms with Crippen LogP contribution in [0.1, 0.15) is 11.5 Å². The van der Waals surface area contributed by atoms with E-state index in [9.17, 15) is 8.78 Å². The van der Waals surface area contributed by atoms with Crippen molar-refractivity contribution in [3.63, 3.8) is 0 Å². The molecule has 0 radical (unpaired) electrons. The summed E-state index contributed by atoms with van der Waals surface area (Å²) in [6.45, 7) is 0. The highest BCUT2D eigenvalue weighted by molar-refractivity contribution is 9.10. The van der Waals surface area contributed by atoms with E-state index in [2.05, 4.69) is 31.9 Å². The molecule has 1 saturated carbocycles. The quantitative estimate of drug-likeness (QED) is 0.715. The van der Waals surface area contributed by atoms with Gasteiger partial charge in [-0.3, -0.25) is 0 Å². The molecule has 0 amide bonds. The first-order valence-corrected chi connectivity index (χ1v) is 6.18. The van der Waals surface area contributed by atoms with Crippen LogP contribution < -0.4 is 0 Å². The molecule has 0 heterocycles. The number of rotatable bonds is 2. The molecule has 0 aliphatic heterocycles. The molecule has 4 heteroatoms. The number of hydrogen-bond acceptors (Lipinski definition) is 0. The van der Waals surface area contributed by atoms with Crippen molar-refractivity contribution in [1.82, 2.24) is 0 Å². The SMILES string of the molecule is FC1(F)[C@@H](CBr)[C@@H]1c1ccc(Br)cc1. The molecule has 1 aliphatic rings. The molecule has 1 fully saturated rings. The summed E-state index contributed by atoms with van der Waals surface area (Å²) < 4.78 is 27.3. The van der Waals surface area contributed by atoms with Crippen molar-refractivity contribution in [3.05, 3.63) is 34.3 Å². The Kier molecular flexibility index (Phi) is 2.68. The van der Waals surface area contributed by atoms with E-state index in [-0.39, 0.29) is 0 Å². The van der Waals surface area contributed by atoms with Gasteiger partial charge in [-0.1, -0.05) is 44.0 Å². The van der Waals surface area contributed by atoms with Gasteiger partial charge in [-0.2, -0.15) is 0 Å². The predicted octanol–water partition coefficient (Wildman–Crippen LogP) is 4.19. The lowest BCUT2D eigenvalue weighted by Crippen LogP contribution is -1.94. The monoisotopic (exact) mass is 324 g/mol. The lowest BCUT2D eigenvalue weighted by Gasteiger charge is -1.98. The molecule has 0 unspecified atom stereocenters. The zero-order valence-corrected chi connectivity index (χ0v) is 10.4. The van der Waals surface area contributed by atoms with Gasteiger partial charge in [-0.15, -0.1) is 0 Å². The standard InChI is InChI=1S/C10H8Br2F2/c11-5-8-9(10(8,13)14)6-1-3-7(12)4-2-6/h1-4,8-9H,5H2/t8-,9-/m0/s1. The Hall–Kier alpha value is 0.0400. The summed E-state index contributed by atoms with van der Waals surface area (Å²) in [6.07, 6.45) is 0. The Bertz CT molecular complexity index is 334. The minimum absolute atomic E-state index is 0.362. The highest BCUT2D eigenvalue weighted by atomic mass is 79.9. The molecule has 0 aromatic heterocycles. The Morgan fingerprint density at radius 3 is 2.21 bits per heavy atom. The summed E-state index contributed by atoms with van der Waals surface area (Å²) >= 11 is 6.39. The van der Waals surface area contributed by atoms with Crippen LogP contribution in [-0.4, -0.2) is 11.3 Å². The molecular weight excluding hydrogens is 318 g/mol. The van der Waals surface area contributed by atoms with E-state index >= 15 is 0 Å². The fourth-order valence-electron chi connectivity index (χ4n) is 1.71. The number of benzene rings is 1. The van der Waals surface area contributed by atoms with Gasteiger partial charge >= 0.3 is 0 Å². The maximum absolute atomic E-state index is 13.2. The fraction of sp³-hybridized carbons (Fsp3) is 0.400. The molecule has 2 atom stereocenters. The molecule has 1 aromatic carbocycles. The third-order valence-electron chi connectivity index (χ3n) is 2.60. The van der Waals surface area contributed by atoms with E-state index in [1.807, 2.05) is 0 Å². The molecule has 1 aliphatic carbocycles. The Labute approximate surface area is 98.0 Å². The van der Waals surface area contributed by atoms with Crippen molar-refractivity contribution in [2.75, 3.05) is 5.33 Å². The van der Waals surface area contributed by atoms with Crippen molar-refractivity contribution >= 4 is 31.9 Å². The highest BCUT2D eigenvalue weighted by Gasteiger charge is 2.67. The van der Waals surface area contributed by atoms with Crippen molar-refractivity contribution in [2.45, 2.75) is 11.8 Å². The van der Waals surface area contributed by atoms with E-state index in [0.717, 1.165) is 10.0 Å². The lowest BCUT2D eigenvalue weighted by molar-refractivity contribution is 0.0973. The average Bonchev–Trinajstić information content (AvgIpc) is 2.69. The van der Waals surface area contributed by atoms with Crippen LogP contribution in [0, 0.1) is 5.92 Å². The van der Waals surface area contributed by atoms with E-state index in [1.54, 1.807) is 24.3 Å². The topological polar surface area (TPSA) is 0 Å². The van der Waals surface area contributed by atoms with Crippen LogP contribution in [0.3, 0.4) is 0 Å². The van der Waals surface area contributed by atoms with Gasteiger partial charge in [-0.25, -0.2) is 8.78 Å². The lowest BCUT2D eigenvalue weighted by atomic mass is 10.1. The number of hydrogen-bond donors (Lipinski definition) is 0. The normalized spacial score (nSPS) is 28.9. The molecule has 0 bridgehead atoms. The van der Waals surface area contributed by atoms with Crippen molar-refractivity contribution in [3.8, 4) is 0 Å². The second-order valence-corrected chi connectivity index (χ2v) is 5.03. The van der Waals surface area contributed by atoms with Crippen LogP contribution >= 0.6 is 31.9 Å². The van der Waals surface area contributed by atoms with E-state index in [0.29, 0.717) is 5.33 Å². The van der Waals surface area contributed by atoms with Gasteiger partial charge in [0.25, 0.3) is 5.92 Å². The van der Waals surface area contributed by atoms with Crippen molar-refractivity contribution < 1.29 is 8.78 Å². The molecule has 2 rings (SSSR count). The van der Waals surface area contributed by atoms with Gasteiger partial charge in [0.15, 0.2) is 0 Å². The first-order chi connectivity index (χ1) is 6.57. The molecule has 0 saturated heterocycles. The van der Waals surface area contributed by atoms with Crippen LogP contribution in [0.4, 0.5) is 8.78 Å². The van der Waals surface area contributed by atoms with E-state index < -0.39 is 17.8 Å². The molecule has 14 heavy (non-hydrogen) atoms. The zero-order chi connectivity index (χ0) is 10.3. The number of alkyl halides is 3. The first kappa shape index (κ1) is 10.6. The Morgan fingerprint density at radius 2 is 1.79 bits per heavy atom. The molecule has 0 spiro atoms. The van der Waals surface area contributed by atoms with Gasteiger partial charge in [-0.05, 0) is 17.7 Å². The molecular formula is C10H8Br2F2. The Morgan fingerprint density at radius 1 is 1.21 bits per heavy atom. The predicted molar refractivity (Wildman–Crippen MR) is 59.1 cm³/mol. The molecule has 1 aromatic rings. The Balaban J connectivity index is 2.22. The van der Waals surface area contributed by atoms with Crippen LogP contribution in [0.2, 0.25) is 0 Å². The van der Waals surface area contributed by atoms with Gasteiger partial charge < -0.3 is 0 Å². The van der Waals surface area contributed by atoms with Crippen LogP contribution in [0.5, 0.6) is 0 Å². The fourth-order valence-corrected chi connectivity index (χ4v) is 2.78. The van der Waals surface area contributed by atoms with Crippen molar-refractivity contribution in [1.29, 1.82) is 0 Å². The van der Waals surface area contributed by atoms with Gasteiger partial charge in [0.2, 0.25) is 0 Å². The zero-order valence-electron chi connectivity index (χ0n) is 7.18.